The molecule has 0 unspecified atom stereocenters. The fourth-order valence-corrected chi connectivity index (χ4v) is 3.19. The molecule has 0 aliphatic carbocycles. The number of amides is 2. The van der Waals surface area contributed by atoms with Crippen LogP contribution in [-0.2, 0) is 11.2 Å². The van der Waals surface area contributed by atoms with Gasteiger partial charge in [0.25, 0.3) is 0 Å². The molecule has 2 amide bonds. The topological polar surface area (TPSA) is 69.6 Å². The van der Waals surface area contributed by atoms with Crippen LogP contribution in [0, 0.1) is 25.7 Å². The maximum atomic E-state index is 12.9. The lowest BCUT2D eigenvalue weighted by molar-refractivity contribution is -0.187. The minimum absolute atomic E-state index is 0.270. The van der Waals surface area contributed by atoms with Crippen molar-refractivity contribution in [3.8, 4) is 0 Å². The van der Waals surface area contributed by atoms with Crippen LogP contribution >= 0.6 is 0 Å². The summed E-state index contributed by atoms with van der Waals surface area (Å²) in [7, 11) is 0. The average Bonchev–Trinajstić information content (AvgIpc) is 2.91. The van der Waals surface area contributed by atoms with E-state index in [1.54, 1.807) is 0 Å². The van der Waals surface area contributed by atoms with Crippen LogP contribution in [0.3, 0.4) is 0 Å². The van der Waals surface area contributed by atoms with Gasteiger partial charge in [-0.3, -0.25) is 4.79 Å². The number of aryl methyl sites for hydroxylation is 2. The number of carbonyl (C=O) groups excluding carboxylic acids is 1. The Balaban J connectivity index is 1.91. The normalized spacial score (nSPS) is 20.6. The minimum atomic E-state index is -4.64. The highest BCUT2D eigenvalue weighted by Crippen LogP contribution is 2.37. The van der Waals surface area contributed by atoms with Crippen molar-refractivity contribution < 1.29 is 27.9 Å². The van der Waals surface area contributed by atoms with Gasteiger partial charge in [-0.1, -0.05) is 29.3 Å². The summed E-state index contributed by atoms with van der Waals surface area (Å²) >= 11 is 0. The first-order valence-corrected chi connectivity index (χ1v) is 7.97. The highest BCUT2D eigenvalue weighted by atomic mass is 19.4. The second-order valence-electron chi connectivity index (χ2n) is 6.48. The number of hydrogen-bond donors (Lipinski definition) is 2. The third kappa shape index (κ3) is 4.87. The average molecular weight is 358 g/mol. The predicted molar refractivity (Wildman–Crippen MR) is 85.3 cm³/mol. The molecule has 1 aromatic rings. The Hall–Kier alpha value is -2.25. The number of alkyl halides is 3. The van der Waals surface area contributed by atoms with E-state index in [0.717, 1.165) is 21.6 Å². The van der Waals surface area contributed by atoms with Crippen molar-refractivity contribution in [2.45, 2.75) is 26.4 Å². The first kappa shape index (κ1) is 19.1. The molecule has 0 aromatic heterocycles. The van der Waals surface area contributed by atoms with Gasteiger partial charge >= 0.3 is 18.2 Å². The molecule has 1 saturated heterocycles. The number of carboxylic acid groups (broad SMARTS) is 1. The number of likely N-dealkylation sites (tertiary alicyclic amines) is 1. The summed E-state index contributed by atoms with van der Waals surface area (Å²) in [6.07, 6.45) is -4.09. The molecular weight excluding hydrogens is 337 g/mol. The van der Waals surface area contributed by atoms with Gasteiger partial charge in [-0.25, -0.2) is 4.79 Å². The number of nitrogens with zero attached hydrogens (tertiary/aromatic N) is 1. The zero-order valence-electron chi connectivity index (χ0n) is 14.1. The SMILES string of the molecule is Cc1cc(C)cc(CCNC(=O)N2C[C@@H](C(F)(F)F)[C@H](C(=O)O)C2)c1. The number of rotatable bonds is 4. The number of urea groups is 1. The molecule has 1 aliphatic heterocycles. The van der Waals surface area contributed by atoms with Crippen molar-refractivity contribution in [3.05, 3.63) is 34.9 Å². The van der Waals surface area contributed by atoms with Crippen LogP contribution in [0.25, 0.3) is 0 Å². The van der Waals surface area contributed by atoms with Crippen LogP contribution in [0.2, 0.25) is 0 Å². The van der Waals surface area contributed by atoms with Gasteiger partial charge in [-0.15, -0.1) is 0 Å². The molecule has 8 heteroatoms. The minimum Gasteiger partial charge on any atom is -0.481 e. The molecule has 0 saturated carbocycles. The molecular formula is C17H21F3N2O3. The van der Waals surface area contributed by atoms with E-state index in [1.807, 2.05) is 32.0 Å². The quantitative estimate of drug-likeness (QED) is 0.870. The molecule has 1 aromatic carbocycles. The summed E-state index contributed by atoms with van der Waals surface area (Å²) in [4.78, 5) is 24.0. The number of carbonyl (C=O) groups is 2. The Morgan fingerprint density at radius 3 is 2.28 bits per heavy atom. The van der Waals surface area contributed by atoms with E-state index in [4.69, 9.17) is 5.11 Å². The van der Waals surface area contributed by atoms with Gasteiger partial charge in [0.1, 0.15) is 0 Å². The first-order valence-electron chi connectivity index (χ1n) is 7.97. The van der Waals surface area contributed by atoms with E-state index < -0.39 is 43.1 Å². The molecule has 1 fully saturated rings. The third-order valence-electron chi connectivity index (χ3n) is 4.32. The van der Waals surface area contributed by atoms with E-state index in [2.05, 4.69) is 5.32 Å². The van der Waals surface area contributed by atoms with Crippen LogP contribution in [0.5, 0.6) is 0 Å². The molecule has 2 rings (SSSR count). The van der Waals surface area contributed by atoms with E-state index in [1.165, 1.54) is 0 Å². The Kier molecular flexibility index (Phi) is 5.59. The number of nitrogens with one attached hydrogen (secondary N) is 1. The lowest BCUT2D eigenvalue weighted by atomic mass is 9.96. The molecule has 0 spiro atoms. The van der Waals surface area contributed by atoms with Crippen molar-refractivity contribution in [2.75, 3.05) is 19.6 Å². The Labute approximate surface area is 143 Å². The first-order chi connectivity index (χ1) is 11.6. The van der Waals surface area contributed by atoms with Gasteiger partial charge in [0, 0.05) is 19.6 Å². The fraction of sp³-hybridized carbons (Fsp3) is 0.529. The summed E-state index contributed by atoms with van der Waals surface area (Å²) in [5.74, 6) is -5.19. The van der Waals surface area contributed by atoms with Crippen LogP contribution in [0.1, 0.15) is 16.7 Å². The molecule has 1 heterocycles. The number of aliphatic carboxylic acids is 1. The van der Waals surface area contributed by atoms with Gasteiger partial charge in [0.2, 0.25) is 0 Å². The molecule has 25 heavy (non-hydrogen) atoms. The molecule has 0 bridgehead atoms. The van der Waals surface area contributed by atoms with E-state index in [-0.39, 0.29) is 6.54 Å². The van der Waals surface area contributed by atoms with Crippen molar-refractivity contribution in [3.63, 3.8) is 0 Å². The van der Waals surface area contributed by atoms with Crippen LogP contribution in [0.4, 0.5) is 18.0 Å². The maximum Gasteiger partial charge on any atom is 0.394 e. The summed E-state index contributed by atoms with van der Waals surface area (Å²) < 4.78 is 38.8. The van der Waals surface area contributed by atoms with Gasteiger partial charge < -0.3 is 15.3 Å². The monoisotopic (exact) mass is 358 g/mol. The molecule has 2 N–H and O–H groups in total. The van der Waals surface area contributed by atoms with Crippen LogP contribution in [-0.4, -0.2) is 47.8 Å². The van der Waals surface area contributed by atoms with Crippen LogP contribution < -0.4 is 5.32 Å². The Morgan fingerprint density at radius 2 is 1.80 bits per heavy atom. The van der Waals surface area contributed by atoms with Crippen molar-refractivity contribution in [1.82, 2.24) is 10.2 Å². The standard InChI is InChI=1S/C17H21F3N2O3/c1-10-5-11(2)7-12(6-10)3-4-21-16(25)22-8-13(15(23)24)14(9-22)17(18,19)20/h5-7,13-14H,3-4,8-9H2,1-2H3,(H,21,25)(H,23,24)/t13-,14-/m1/s1. The van der Waals surface area contributed by atoms with E-state index >= 15 is 0 Å². The number of hydrogen-bond acceptors (Lipinski definition) is 2. The maximum absolute atomic E-state index is 12.9. The summed E-state index contributed by atoms with van der Waals surface area (Å²) in [6, 6.07) is 5.32. The summed E-state index contributed by atoms with van der Waals surface area (Å²) in [5.41, 5.74) is 3.21. The second kappa shape index (κ2) is 7.33. The lowest BCUT2D eigenvalue weighted by Crippen LogP contribution is -2.40. The zero-order chi connectivity index (χ0) is 18.8. The Morgan fingerprint density at radius 1 is 1.20 bits per heavy atom. The zero-order valence-corrected chi connectivity index (χ0v) is 14.1. The molecule has 2 atom stereocenters. The largest absolute Gasteiger partial charge is 0.481 e. The van der Waals surface area contributed by atoms with Crippen molar-refractivity contribution in [1.29, 1.82) is 0 Å². The molecule has 5 nitrogen and oxygen atoms in total. The summed E-state index contributed by atoms with van der Waals surface area (Å²) in [5, 5.41) is 11.5. The van der Waals surface area contributed by atoms with E-state index in [0.29, 0.717) is 6.42 Å². The van der Waals surface area contributed by atoms with E-state index in [9.17, 15) is 22.8 Å². The molecule has 1 aliphatic rings. The highest BCUT2D eigenvalue weighted by Gasteiger charge is 2.53. The predicted octanol–water partition coefficient (Wildman–Crippen LogP) is 2.75. The third-order valence-corrected chi connectivity index (χ3v) is 4.32. The number of halogens is 3. The van der Waals surface area contributed by atoms with Crippen molar-refractivity contribution in [2.24, 2.45) is 11.8 Å². The molecule has 0 radical (unpaired) electrons. The second-order valence-corrected chi connectivity index (χ2v) is 6.48. The van der Waals surface area contributed by atoms with Crippen LogP contribution in [0.15, 0.2) is 18.2 Å². The number of carboxylic acids is 1. The fourth-order valence-electron chi connectivity index (χ4n) is 3.19. The number of benzene rings is 1. The molecule has 138 valence electrons. The van der Waals surface area contributed by atoms with Gasteiger partial charge in [0.05, 0.1) is 11.8 Å². The van der Waals surface area contributed by atoms with Gasteiger partial charge in [-0.2, -0.15) is 13.2 Å². The highest BCUT2D eigenvalue weighted by molar-refractivity contribution is 5.77. The van der Waals surface area contributed by atoms with Gasteiger partial charge in [-0.05, 0) is 25.8 Å². The summed E-state index contributed by atoms with van der Waals surface area (Å²) in [6.45, 7) is 3.13. The lowest BCUT2D eigenvalue weighted by Gasteiger charge is -2.18. The smallest absolute Gasteiger partial charge is 0.394 e. The van der Waals surface area contributed by atoms with Gasteiger partial charge in [0.15, 0.2) is 0 Å². The van der Waals surface area contributed by atoms with Crippen molar-refractivity contribution >= 4 is 12.0 Å². The Bertz CT molecular complexity index is 641.